The van der Waals surface area contributed by atoms with E-state index in [0.29, 0.717) is 12.1 Å². The van der Waals surface area contributed by atoms with E-state index in [1.807, 2.05) is 67.6 Å². The van der Waals surface area contributed by atoms with Crippen molar-refractivity contribution in [2.24, 2.45) is 0 Å². The van der Waals surface area contributed by atoms with Crippen LogP contribution in [0.25, 0.3) is 10.9 Å². The molecule has 0 saturated heterocycles. The molecule has 0 unspecified atom stereocenters. The summed E-state index contributed by atoms with van der Waals surface area (Å²) in [6, 6.07) is 24.8. The van der Waals surface area contributed by atoms with Crippen molar-refractivity contribution < 1.29 is 13.2 Å². The van der Waals surface area contributed by atoms with Crippen LogP contribution in [0, 0.1) is 6.92 Å². The van der Waals surface area contributed by atoms with Gasteiger partial charge in [0.1, 0.15) is 0 Å². The van der Waals surface area contributed by atoms with Gasteiger partial charge in [0.25, 0.3) is 10.0 Å². The summed E-state index contributed by atoms with van der Waals surface area (Å²) in [6.45, 7) is 2.44. The Morgan fingerprint density at radius 3 is 2.39 bits per heavy atom. The molecule has 3 aromatic carbocycles. The van der Waals surface area contributed by atoms with E-state index < -0.39 is 10.0 Å². The third-order valence-electron chi connectivity index (χ3n) is 5.82. The Morgan fingerprint density at radius 2 is 1.61 bits per heavy atom. The number of rotatable bonds is 4. The average Bonchev–Trinajstić information content (AvgIpc) is 3.20. The smallest absolute Gasteiger partial charge is 0.268 e. The second kappa shape index (κ2) is 7.84. The molecule has 4 nitrogen and oxygen atoms in total. The van der Waals surface area contributed by atoms with E-state index in [4.69, 9.17) is 4.74 Å². The fraction of sp³-hybridized carbons (Fsp3) is 0.154. The molecule has 0 fully saturated rings. The number of aromatic nitrogens is 1. The van der Waals surface area contributed by atoms with Crippen LogP contribution in [0.5, 0.6) is 0 Å². The highest BCUT2D eigenvalue weighted by Gasteiger charge is 2.30. The monoisotopic (exact) mass is 429 g/mol. The lowest BCUT2D eigenvalue weighted by Crippen LogP contribution is -2.17. The molecule has 1 aliphatic rings. The third-order valence-corrected chi connectivity index (χ3v) is 7.51. The molecule has 5 rings (SSSR count). The van der Waals surface area contributed by atoms with Crippen LogP contribution < -0.4 is 0 Å². The quantitative estimate of drug-likeness (QED) is 0.397. The number of aryl methyl sites for hydroxylation is 1. The van der Waals surface area contributed by atoms with Crippen LogP contribution in [0.4, 0.5) is 0 Å². The SMILES string of the molecule is Cc1ccc(S(=O)(=O)n2cc([C@@H]3OCC=C[C@H]3c3ccccc3)c3ccccc32)cc1. The Balaban J connectivity index is 1.68. The minimum atomic E-state index is -3.74. The zero-order valence-electron chi connectivity index (χ0n) is 17.2. The van der Waals surface area contributed by atoms with Crippen molar-refractivity contribution in [1.82, 2.24) is 3.97 Å². The van der Waals surface area contributed by atoms with Crippen LogP contribution in [0.15, 0.2) is 102 Å². The Hall–Kier alpha value is -3.15. The van der Waals surface area contributed by atoms with Gasteiger partial charge >= 0.3 is 0 Å². The van der Waals surface area contributed by atoms with Crippen LogP contribution >= 0.6 is 0 Å². The standard InChI is InChI=1S/C26H23NO3S/c1-19-13-15-21(16-14-19)31(28,29)27-18-24(23-10-5-6-12-25(23)27)26-22(11-7-17-30-26)20-8-3-2-4-9-20/h2-16,18,22,26H,17H2,1H3/t22-,26+/m0/s1. The molecule has 4 aromatic rings. The lowest BCUT2D eigenvalue weighted by Gasteiger charge is -2.28. The van der Waals surface area contributed by atoms with Gasteiger partial charge in [-0.05, 0) is 30.7 Å². The van der Waals surface area contributed by atoms with Crippen molar-refractivity contribution in [3.05, 3.63) is 114 Å². The number of fused-ring (bicyclic) bond motifs is 1. The molecule has 1 aromatic heterocycles. The highest BCUT2D eigenvalue weighted by Crippen LogP contribution is 2.41. The molecule has 0 bridgehead atoms. The molecule has 0 spiro atoms. The first kappa shape index (κ1) is 19.8. The van der Waals surface area contributed by atoms with E-state index in [1.54, 1.807) is 18.3 Å². The maximum absolute atomic E-state index is 13.5. The Labute approximate surface area is 182 Å². The van der Waals surface area contributed by atoms with Gasteiger partial charge in [-0.1, -0.05) is 78.4 Å². The van der Waals surface area contributed by atoms with E-state index in [2.05, 4.69) is 18.2 Å². The Morgan fingerprint density at radius 1 is 0.903 bits per heavy atom. The van der Waals surface area contributed by atoms with Gasteiger partial charge in [0.15, 0.2) is 0 Å². The maximum atomic E-state index is 13.5. The summed E-state index contributed by atoms with van der Waals surface area (Å²) in [5.74, 6) is 0.0104. The summed E-state index contributed by atoms with van der Waals surface area (Å²) < 4.78 is 34.6. The second-order valence-electron chi connectivity index (χ2n) is 7.83. The predicted octanol–water partition coefficient (Wildman–Crippen LogP) is 5.60. The summed E-state index contributed by atoms with van der Waals surface area (Å²) in [5, 5.41) is 0.888. The fourth-order valence-electron chi connectivity index (χ4n) is 4.24. The van der Waals surface area contributed by atoms with Gasteiger partial charge in [0.05, 0.1) is 23.1 Å². The molecule has 0 aliphatic carbocycles. The van der Waals surface area contributed by atoms with Gasteiger partial charge in [-0.3, -0.25) is 0 Å². The minimum absolute atomic E-state index is 0.0104. The van der Waals surface area contributed by atoms with Gasteiger partial charge < -0.3 is 4.74 Å². The van der Waals surface area contributed by atoms with Crippen LogP contribution in [0.1, 0.15) is 28.7 Å². The molecule has 0 N–H and O–H groups in total. The number of ether oxygens (including phenoxy) is 1. The summed E-state index contributed by atoms with van der Waals surface area (Å²) in [5.41, 5.74) is 3.69. The lowest BCUT2D eigenvalue weighted by atomic mass is 9.87. The van der Waals surface area contributed by atoms with Crippen LogP contribution in [-0.2, 0) is 14.8 Å². The molecule has 156 valence electrons. The normalized spacial score (nSPS) is 19.0. The molecule has 2 atom stereocenters. The zero-order chi connectivity index (χ0) is 21.4. The van der Waals surface area contributed by atoms with Gasteiger partial charge in [0.2, 0.25) is 0 Å². The average molecular weight is 430 g/mol. The van der Waals surface area contributed by atoms with Crippen LogP contribution in [-0.4, -0.2) is 19.0 Å². The molecule has 5 heteroatoms. The molecular weight excluding hydrogens is 406 g/mol. The first-order chi connectivity index (χ1) is 15.1. The van der Waals surface area contributed by atoms with Crippen LogP contribution in [0.2, 0.25) is 0 Å². The molecule has 31 heavy (non-hydrogen) atoms. The van der Waals surface area contributed by atoms with Crippen molar-refractivity contribution in [3.8, 4) is 0 Å². The van der Waals surface area contributed by atoms with E-state index in [-0.39, 0.29) is 16.9 Å². The molecule has 0 radical (unpaired) electrons. The van der Waals surface area contributed by atoms with Gasteiger partial charge in [-0.2, -0.15) is 0 Å². The van der Waals surface area contributed by atoms with Crippen molar-refractivity contribution in [2.45, 2.75) is 23.8 Å². The maximum Gasteiger partial charge on any atom is 0.268 e. The lowest BCUT2D eigenvalue weighted by molar-refractivity contribution is 0.0546. The second-order valence-corrected chi connectivity index (χ2v) is 9.65. The summed E-state index contributed by atoms with van der Waals surface area (Å²) in [4.78, 5) is 0.273. The van der Waals surface area contributed by atoms with Crippen LogP contribution in [0.3, 0.4) is 0 Å². The number of benzene rings is 3. The number of nitrogens with zero attached hydrogens (tertiary/aromatic N) is 1. The first-order valence-corrected chi connectivity index (χ1v) is 11.7. The summed E-state index contributed by atoms with van der Waals surface area (Å²) >= 11 is 0. The highest BCUT2D eigenvalue weighted by atomic mass is 32.2. The van der Waals surface area contributed by atoms with Crippen molar-refractivity contribution in [2.75, 3.05) is 6.61 Å². The largest absolute Gasteiger partial charge is 0.368 e. The topological polar surface area (TPSA) is 48.3 Å². The number of hydrogen-bond acceptors (Lipinski definition) is 3. The summed E-state index contributed by atoms with van der Waals surface area (Å²) in [7, 11) is -3.74. The van der Waals surface area contributed by atoms with E-state index >= 15 is 0 Å². The van der Waals surface area contributed by atoms with Gasteiger partial charge in [-0.15, -0.1) is 0 Å². The van der Waals surface area contributed by atoms with Gasteiger partial charge in [0, 0.05) is 23.1 Å². The zero-order valence-corrected chi connectivity index (χ0v) is 18.0. The molecular formula is C26H23NO3S. The van der Waals surface area contributed by atoms with E-state index in [0.717, 1.165) is 22.1 Å². The van der Waals surface area contributed by atoms with E-state index in [9.17, 15) is 8.42 Å². The Kier molecular flexibility index (Phi) is 5.00. The van der Waals surface area contributed by atoms with Crippen molar-refractivity contribution >= 4 is 20.9 Å². The van der Waals surface area contributed by atoms with Gasteiger partial charge in [-0.25, -0.2) is 12.4 Å². The number of para-hydroxylation sites is 1. The first-order valence-electron chi connectivity index (χ1n) is 10.3. The summed E-state index contributed by atoms with van der Waals surface area (Å²) in [6.07, 6.45) is 5.65. The highest BCUT2D eigenvalue weighted by molar-refractivity contribution is 7.90. The predicted molar refractivity (Wildman–Crippen MR) is 123 cm³/mol. The molecule has 0 amide bonds. The van der Waals surface area contributed by atoms with E-state index in [1.165, 1.54) is 3.97 Å². The van der Waals surface area contributed by atoms with Crippen molar-refractivity contribution in [3.63, 3.8) is 0 Å². The molecule has 0 saturated carbocycles. The molecule has 1 aliphatic heterocycles. The van der Waals surface area contributed by atoms with Crippen molar-refractivity contribution in [1.29, 1.82) is 0 Å². The Bertz CT molecular complexity index is 1350. The molecule has 2 heterocycles. The number of hydrogen-bond donors (Lipinski definition) is 0. The minimum Gasteiger partial charge on any atom is -0.368 e. The third kappa shape index (κ3) is 3.50. The fourth-order valence-corrected chi connectivity index (χ4v) is 5.61.